The molecule has 0 unspecified atom stereocenters. The summed E-state index contributed by atoms with van der Waals surface area (Å²) in [5, 5.41) is 13.2. The molecule has 34 heavy (non-hydrogen) atoms. The fourth-order valence-electron chi connectivity index (χ4n) is 4.08. The molecule has 0 fully saturated rings. The lowest BCUT2D eigenvalue weighted by Gasteiger charge is -2.31. The maximum absolute atomic E-state index is 13.6. The van der Waals surface area contributed by atoms with Crippen LogP contribution in [0.3, 0.4) is 0 Å². The Labute approximate surface area is 199 Å². The maximum Gasteiger partial charge on any atom is 0.261 e. The van der Waals surface area contributed by atoms with Crippen molar-refractivity contribution in [2.75, 3.05) is 13.6 Å². The van der Waals surface area contributed by atoms with Gasteiger partial charge in [0.25, 0.3) is 11.8 Å². The minimum Gasteiger partial charge on any atom is -0.354 e. The van der Waals surface area contributed by atoms with E-state index in [0.29, 0.717) is 35.5 Å². The first-order valence-corrected chi connectivity index (χ1v) is 11.6. The van der Waals surface area contributed by atoms with Crippen LogP contribution in [-0.2, 0) is 17.8 Å². The number of carbonyl (C=O) groups is 3. The van der Waals surface area contributed by atoms with E-state index in [1.54, 1.807) is 60.9 Å². The van der Waals surface area contributed by atoms with Crippen molar-refractivity contribution in [3.05, 3.63) is 81.4 Å². The number of hydrogen-bond acceptors (Lipinski definition) is 6. The molecule has 5 rings (SSSR count). The van der Waals surface area contributed by atoms with Crippen molar-refractivity contribution in [1.82, 2.24) is 30.7 Å². The standard InChI is InChI=1S/C24H22N6O3S/c1-25-23(32)20-11-17-13-30(9-6-19(17)34-20)24(33)21(14-4-7-26-8-5-14)28-22(31)15-2-3-18-16(10-15)12-27-29-18/h2-5,7-8,10-12,21H,6,9,13H2,1H3,(H,25,32)(H,27,29)(H,28,31)/t21-/m1/s1. The van der Waals surface area contributed by atoms with Crippen molar-refractivity contribution in [3.63, 3.8) is 0 Å². The number of benzene rings is 1. The number of nitrogens with one attached hydrogen (secondary N) is 3. The Balaban J connectivity index is 1.39. The number of H-pyrrole nitrogens is 1. The summed E-state index contributed by atoms with van der Waals surface area (Å²) < 4.78 is 0. The second-order valence-corrected chi connectivity index (χ2v) is 9.14. The lowest BCUT2D eigenvalue weighted by atomic mass is 10.0. The van der Waals surface area contributed by atoms with E-state index in [4.69, 9.17) is 0 Å². The van der Waals surface area contributed by atoms with Crippen molar-refractivity contribution in [1.29, 1.82) is 0 Å². The molecule has 4 heterocycles. The molecule has 1 aliphatic heterocycles. The average Bonchev–Trinajstić information content (AvgIpc) is 3.52. The smallest absolute Gasteiger partial charge is 0.261 e. The fourth-order valence-corrected chi connectivity index (χ4v) is 5.19. The van der Waals surface area contributed by atoms with E-state index < -0.39 is 6.04 Å². The maximum atomic E-state index is 13.6. The molecule has 1 atom stereocenters. The van der Waals surface area contributed by atoms with E-state index in [0.717, 1.165) is 21.3 Å². The molecular formula is C24H22N6O3S. The molecular weight excluding hydrogens is 452 g/mol. The van der Waals surface area contributed by atoms with Gasteiger partial charge in [-0.05, 0) is 53.9 Å². The lowest BCUT2D eigenvalue weighted by Crippen LogP contribution is -2.44. The molecule has 10 heteroatoms. The Morgan fingerprint density at radius 3 is 2.74 bits per heavy atom. The van der Waals surface area contributed by atoms with Crippen molar-refractivity contribution >= 4 is 40.0 Å². The average molecular weight is 475 g/mol. The molecule has 1 aliphatic rings. The third-order valence-electron chi connectivity index (χ3n) is 5.89. The van der Waals surface area contributed by atoms with Crippen molar-refractivity contribution < 1.29 is 14.4 Å². The molecule has 0 aliphatic carbocycles. The third-order valence-corrected chi connectivity index (χ3v) is 7.13. The molecule has 1 aromatic carbocycles. The second-order valence-electron chi connectivity index (χ2n) is 8.01. The monoisotopic (exact) mass is 474 g/mol. The summed E-state index contributed by atoms with van der Waals surface area (Å²) in [7, 11) is 1.60. The summed E-state index contributed by atoms with van der Waals surface area (Å²) in [6.07, 6.45) is 5.51. The topological polar surface area (TPSA) is 120 Å². The minimum atomic E-state index is -0.867. The van der Waals surface area contributed by atoms with Gasteiger partial charge in [-0.3, -0.25) is 24.5 Å². The van der Waals surface area contributed by atoms with Crippen LogP contribution in [0.15, 0.2) is 55.0 Å². The van der Waals surface area contributed by atoms with Crippen molar-refractivity contribution in [3.8, 4) is 0 Å². The molecule has 0 bridgehead atoms. The third kappa shape index (κ3) is 4.15. The normalized spacial score (nSPS) is 13.9. The summed E-state index contributed by atoms with van der Waals surface area (Å²) >= 11 is 1.46. The van der Waals surface area contributed by atoms with Gasteiger partial charge in [-0.25, -0.2) is 0 Å². The molecule has 4 aromatic rings. The van der Waals surface area contributed by atoms with Crippen molar-refractivity contribution in [2.24, 2.45) is 0 Å². The van der Waals surface area contributed by atoms with Crippen LogP contribution >= 0.6 is 11.3 Å². The van der Waals surface area contributed by atoms with E-state index in [9.17, 15) is 14.4 Å². The van der Waals surface area contributed by atoms with Crippen LogP contribution in [0.25, 0.3) is 10.9 Å². The SMILES string of the molecule is CNC(=O)c1cc2c(s1)CCN(C(=O)[C@H](NC(=O)c1ccc3[nH]ncc3c1)c1ccncc1)C2. The van der Waals surface area contributed by atoms with Crippen LogP contribution < -0.4 is 10.6 Å². The van der Waals surface area contributed by atoms with Gasteiger partial charge in [-0.2, -0.15) is 5.10 Å². The van der Waals surface area contributed by atoms with Crippen LogP contribution in [0.1, 0.15) is 42.1 Å². The first-order chi connectivity index (χ1) is 16.5. The summed E-state index contributed by atoms with van der Waals surface area (Å²) in [5.41, 5.74) is 2.89. The van der Waals surface area contributed by atoms with E-state index in [-0.39, 0.29) is 17.7 Å². The highest BCUT2D eigenvalue weighted by atomic mass is 32.1. The predicted molar refractivity (Wildman–Crippen MR) is 127 cm³/mol. The van der Waals surface area contributed by atoms with Crippen LogP contribution in [0.4, 0.5) is 0 Å². The van der Waals surface area contributed by atoms with Gasteiger partial charge in [-0.1, -0.05) is 0 Å². The number of carbonyl (C=O) groups excluding carboxylic acids is 3. The highest BCUT2D eigenvalue weighted by molar-refractivity contribution is 7.14. The van der Waals surface area contributed by atoms with Crippen LogP contribution in [0.2, 0.25) is 0 Å². The first-order valence-electron chi connectivity index (χ1n) is 10.8. The first kappa shape index (κ1) is 21.8. The summed E-state index contributed by atoms with van der Waals surface area (Å²) in [6, 6.07) is 9.65. The zero-order chi connectivity index (χ0) is 23.7. The Bertz CT molecular complexity index is 1380. The largest absolute Gasteiger partial charge is 0.354 e. The Hall–Kier alpha value is -4.05. The number of aromatic amines is 1. The number of amides is 3. The quantitative estimate of drug-likeness (QED) is 0.410. The van der Waals surface area contributed by atoms with E-state index in [1.807, 2.05) is 6.07 Å². The van der Waals surface area contributed by atoms with Crippen LogP contribution in [0.5, 0.6) is 0 Å². The van der Waals surface area contributed by atoms with E-state index >= 15 is 0 Å². The molecule has 0 saturated heterocycles. The zero-order valence-electron chi connectivity index (χ0n) is 18.4. The van der Waals surface area contributed by atoms with Gasteiger partial charge >= 0.3 is 0 Å². The Morgan fingerprint density at radius 1 is 1.12 bits per heavy atom. The number of hydrogen-bond donors (Lipinski definition) is 3. The number of fused-ring (bicyclic) bond motifs is 2. The summed E-state index contributed by atoms with van der Waals surface area (Å²) in [6.45, 7) is 0.901. The van der Waals surface area contributed by atoms with Gasteiger partial charge in [0.2, 0.25) is 5.91 Å². The van der Waals surface area contributed by atoms with E-state index in [2.05, 4.69) is 25.8 Å². The number of thiophene rings is 1. The van der Waals surface area contributed by atoms with Crippen LogP contribution in [-0.4, -0.2) is 51.4 Å². The lowest BCUT2D eigenvalue weighted by molar-refractivity contribution is -0.134. The fraction of sp³-hybridized carbons (Fsp3) is 0.208. The number of rotatable bonds is 5. The van der Waals surface area contributed by atoms with Gasteiger partial charge in [0.15, 0.2) is 0 Å². The predicted octanol–water partition coefficient (Wildman–Crippen LogP) is 2.43. The molecule has 0 radical (unpaired) electrons. The highest BCUT2D eigenvalue weighted by Crippen LogP contribution is 2.30. The summed E-state index contributed by atoms with van der Waals surface area (Å²) in [4.78, 5) is 46.3. The summed E-state index contributed by atoms with van der Waals surface area (Å²) in [5.74, 6) is -0.690. The van der Waals surface area contributed by atoms with Gasteiger partial charge in [0.05, 0.1) is 16.6 Å². The minimum absolute atomic E-state index is 0.131. The molecule has 3 amide bonds. The van der Waals surface area contributed by atoms with E-state index in [1.165, 1.54) is 11.3 Å². The molecule has 3 N–H and O–H groups in total. The molecule has 9 nitrogen and oxygen atoms in total. The molecule has 0 saturated carbocycles. The highest BCUT2D eigenvalue weighted by Gasteiger charge is 2.31. The second kappa shape index (κ2) is 9.06. The zero-order valence-corrected chi connectivity index (χ0v) is 19.2. The Kier molecular flexibility index (Phi) is 5.81. The van der Waals surface area contributed by atoms with Crippen molar-refractivity contribution in [2.45, 2.75) is 19.0 Å². The molecule has 0 spiro atoms. The molecule has 3 aromatic heterocycles. The number of aromatic nitrogens is 3. The van der Waals surface area contributed by atoms with Gasteiger partial charge in [0.1, 0.15) is 6.04 Å². The van der Waals surface area contributed by atoms with Crippen LogP contribution in [0, 0.1) is 0 Å². The van der Waals surface area contributed by atoms with Gasteiger partial charge in [-0.15, -0.1) is 11.3 Å². The Morgan fingerprint density at radius 2 is 1.94 bits per heavy atom. The number of pyridine rings is 1. The van der Waals surface area contributed by atoms with Gasteiger partial charge < -0.3 is 15.5 Å². The van der Waals surface area contributed by atoms with Gasteiger partial charge in [0, 0.05) is 48.4 Å². The number of nitrogens with zero attached hydrogens (tertiary/aromatic N) is 3. The molecule has 172 valence electrons.